The van der Waals surface area contributed by atoms with E-state index >= 15 is 0 Å². The normalized spacial score (nSPS) is 10.6. The van der Waals surface area contributed by atoms with Gasteiger partial charge in [0.2, 0.25) is 0 Å². The number of hydrogen-bond donors (Lipinski definition) is 0. The highest BCUT2D eigenvalue weighted by Crippen LogP contribution is 2.13. The van der Waals surface area contributed by atoms with Gasteiger partial charge in [0.1, 0.15) is 0 Å². The molecular weight excluding hydrogens is 160 g/mol. The van der Waals surface area contributed by atoms with Crippen molar-refractivity contribution in [3.63, 3.8) is 0 Å². The molecule has 0 unspecified atom stereocenters. The van der Waals surface area contributed by atoms with Crippen molar-refractivity contribution in [3.05, 3.63) is 12.7 Å². The summed E-state index contributed by atoms with van der Waals surface area (Å²) >= 11 is 0. The fourth-order valence-electron chi connectivity index (χ4n) is 1.60. The number of hydrogen-bond acceptors (Lipinski definition) is 0. The summed E-state index contributed by atoms with van der Waals surface area (Å²) in [7, 11) is -0.387. The molecule has 0 aliphatic rings. The first kappa shape index (κ1) is 12.0. The van der Waals surface area contributed by atoms with Gasteiger partial charge < -0.3 is 0 Å². The lowest BCUT2D eigenvalue weighted by atomic mass is 10.4. The second-order valence-electron chi connectivity index (χ2n) is 3.67. The molecule has 0 aliphatic heterocycles. The van der Waals surface area contributed by atoms with Crippen LogP contribution in [0.2, 0.25) is 18.1 Å². The van der Waals surface area contributed by atoms with Gasteiger partial charge in [-0.1, -0.05) is 57.7 Å². The molecule has 0 heterocycles. The van der Waals surface area contributed by atoms with E-state index in [0.717, 1.165) is 0 Å². The molecule has 0 atom stereocenters. The van der Waals surface area contributed by atoms with Gasteiger partial charge in [0.15, 0.2) is 0 Å². The fraction of sp³-hybridized carbons (Fsp3) is 0.818. The van der Waals surface area contributed by atoms with Crippen LogP contribution in [0.3, 0.4) is 0 Å². The van der Waals surface area contributed by atoms with E-state index in [0.29, 0.717) is 0 Å². The molecule has 0 aliphatic carbocycles. The SMILES string of the molecule is C=CC[SiH](CCCC)CCCC. The van der Waals surface area contributed by atoms with E-state index in [-0.39, 0.29) is 8.80 Å². The number of unbranched alkanes of at least 4 members (excludes halogenated alkanes) is 2. The van der Waals surface area contributed by atoms with Crippen molar-refractivity contribution in [3.8, 4) is 0 Å². The third-order valence-corrected chi connectivity index (χ3v) is 5.88. The van der Waals surface area contributed by atoms with Gasteiger partial charge in [0.05, 0.1) is 0 Å². The average molecular weight is 184 g/mol. The standard InChI is InChI=1S/C11H24Si/c1-4-7-10-12(9-6-3)11-8-5-2/h6,12H,3-5,7-11H2,1-2H3. The third kappa shape index (κ3) is 6.65. The lowest BCUT2D eigenvalue weighted by molar-refractivity contribution is 0.839. The first-order valence-electron chi connectivity index (χ1n) is 5.46. The highest BCUT2D eigenvalue weighted by atomic mass is 28.3. The van der Waals surface area contributed by atoms with Crippen LogP contribution in [-0.4, -0.2) is 8.80 Å². The maximum atomic E-state index is 3.85. The first-order valence-corrected chi connectivity index (χ1v) is 7.90. The van der Waals surface area contributed by atoms with Crippen LogP contribution in [0.1, 0.15) is 39.5 Å². The Morgan fingerprint density at radius 2 is 1.58 bits per heavy atom. The van der Waals surface area contributed by atoms with Crippen molar-refractivity contribution in [1.82, 2.24) is 0 Å². The largest absolute Gasteiger partial charge is 0.103 e. The molecule has 72 valence electrons. The van der Waals surface area contributed by atoms with Crippen LogP contribution in [0.15, 0.2) is 12.7 Å². The molecule has 0 saturated carbocycles. The second kappa shape index (κ2) is 9.05. The van der Waals surface area contributed by atoms with E-state index in [1.54, 1.807) is 12.1 Å². The Bertz CT molecular complexity index is 91.2. The maximum absolute atomic E-state index is 3.85. The van der Waals surface area contributed by atoms with Crippen molar-refractivity contribution in [2.75, 3.05) is 0 Å². The van der Waals surface area contributed by atoms with Crippen LogP contribution >= 0.6 is 0 Å². The van der Waals surface area contributed by atoms with Gasteiger partial charge in [-0.05, 0) is 6.04 Å². The van der Waals surface area contributed by atoms with Gasteiger partial charge in [-0.15, -0.1) is 6.58 Å². The monoisotopic (exact) mass is 184 g/mol. The zero-order valence-electron chi connectivity index (χ0n) is 8.81. The molecule has 0 nitrogen and oxygen atoms in total. The Hall–Kier alpha value is -0.0431. The van der Waals surface area contributed by atoms with Crippen molar-refractivity contribution in [1.29, 1.82) is 0 Å². The first-order chi connectivity index (χ1) is 5.85. The Balaban J connectivity index is 3.46. The molecule has 0 N–H and O–H groups in total. The van der Waals surface area contributed by atoms with E-state index < -0.39 is 0 Å². The van der Waals surface area contributed by atoms with Gasteiger partial charge in [-0.2, -0.15) is 0 Å². The van der Waals surface area contributed by atoms with Crippen molar-refractivity contribution >= 4 is 8.80 Å². The molecule has 1 heteroatoms. The van der Waals surface area contributed by atoms with Gasteiger partial charge in [-0.25, -0.2) is 0 Å². The Labute approximate surface area is 79.7 Å². The zero-order valence-corrected chi connectivity index (χ0v) is 9.97. The molecule has 12 heavy (non-hydrogen) atoms. The number of allylic oxidation sites excluding steroid dienone is 1. The lowest BCUT2D eigenvalue weighted by Gasteiger charge is -2.11. The molecule has 0 fully saturated rings. The molecule has 0 aromatic rings. The van der Waals surface area contributed by atoms with Crippen LogP contribution in [0.4, 0.5) is 0 Å². The summed E-state index contributed by atoms with van der Waals surface area (Å²) in [5.74, 6) is 0. The molecular formula is C11H24Si. The summed E-state index contributed by atoms with van der Waals surface area (Å²) in [5.41, 5.74) is 0. The summed E-state index contributed by atoms with van der Waals surface area (Å²) < 4.78 is 0. The summed E-state index contributed by atoms with van der Waals surface area (Å²) in [6.07, 6.45) is 7.78. The summed E-state index contributed by atoms with van der Waals surface area (Å²) in [6.45, 7) is 8.43. The lowest BCUT2D eigenvalue weighted by Crippen LogP contribution is -2.09. The fourth-order valence-corrected chi connectivity index (χ4v) is 4.80. The smallest absolute Gasteiger partial charge is 0.0405 e. The van der Waals surface area contributed by atoms with Crippen molar-refractivity contribution < 1.29 is 0 Å². The van der Waals surface area contributed by atoms with Crippen LogP contribution in [-0.2, 0) is 0 Å². The summed E-state index contributed by atoms with van der Waals surface area (Å²) in [6, 6.07) is 4.45. The Kier molecular flexibility index (Phi) is 9.02. The van der Waals surface area contributed by atoms with Crippen LogP contribution in [0, 0.1) is 0 Å². The van der Waals surface area contributed by atoms with Gasteiger partial charge in [-0.3, -0.25) is 0 Å². The van der Waals surface area contributed by atoms with Gasteiger partial charge in [0.25, 0.3) is 0 Å². The van der Waals surface area contributed by atoms with Crippen LogP contribution in [0.5, 0.6) is 0 Å². The van der Waals surface area contributed by atoms with Crippen molar-refractivity contribution in [2.45, 2.75) is 57.7 Å². The molecule has 0 aromatic carbocycles. The molecule has 0 bridgehead atoms. The topological polar surface area (TPSA) is 0 Å². The maximum Gasteiger partial charge on any atom is 0.0405 e. The minimum Gasteiger partial charge on any atom is -0.103 e. The third-order valence-electron chi connectivity index (χ3n) is 2.43. The molecule has 0 saturated heterocycles. The molecule has 0 amide bonds. The van der Waals surface area contributed by atoms with E-state index in [1.807, 2.05) is 0 Å². The summed E-state index contributed by atoms with van der Waals surface area (Å²) in [4.78, 5) is 0. The molecule has 0 aromatic heterocycles. The zero-order chi connectivity index (χ0) is 9.23. The van der Waals surface area contributed by atoms with E-state index in [2.05, 4.69) is 26.5 Å². The van der Waals surface area contributed by atoms with Gasteiger partial charge in [0, 0.05) is 8.80 Å². The van der Waals surface area contributed by atoms with E-state index in [1.165, 1.54) is 31.7 Å². The van der Waals surface area contributed by atoms with Crippen LogP contribution in [0.25, 0.3) is 0 Å². The van der Waals surface area contributed by atoms with Crippen LogP contribution < -0.4 is 0 Å². The summed E-state index contributed by atoms with van der Waals surface area (Å²) in [5, 5.41) is 0. The Morgan fingerprint density at radius 1 is 1.08 bits per heavy atom. The van der Waals surface area contributed by atoms with Gasteiger partial charge >= 0.3 is 0 Å². The minimum absolute atomic E-state index is 0.387. The predicted octanol–water partition coefficient (Wildman–Crippen LogP) is 4.00. The minimum atomic E-state index is -0.387. The molecule has 0 radical (unpaired) electrons. The highest BCUT2D eigenvalue weighted by Gasteiger charge is 2.06. The molecule has 0 rings (SSSR count). The molecule has 0 spiro atoms. The second-order valence-corrected chi connectivity index (χ2v) is 7.03. The highest BCUT2D eigenvalue weighted by molar-refractivity contribution is 6.59. The average Bonchev–Trinajstić information content (AvgIpc) is 2.10. The van der Waals surface area contributed by atoms with E-state index in [4.69, 9.17) is 0 Å². The Morgan fingerprint density at radius 3 is 1.92 bits per heavy atom. The quantitative estimate of drug-likeness (QED) is 0.395. The predicted molar refractivity (Wildman–Crippen MR) is 61.6 cm³/mol. The number of rotatable bonds is 8. The van der Waals surface area contributed by atoms with Crippen molar-refractivity contribution in [2.24, 2.45) is 0 Å². The van der Waals surface area contributed by atoms with E-state index in [9.17, 15) is 0 Å².